The zero-order valence-corrected chi connectivity index (χ0v) is 14.3. The number of sulfonamides is 1. The molecule has 2 heterocycles. The first-order valence-corrected chi connectivity index (χ1v) is 9.65. The van der Waals surface area contributed by atoms with E-state index in [1.807, 2.05) is 12.1 Å². The third kappa shape index (κ3) is 3.48. The third-order valence-corrected chi connectivity index (χ3v) is 6.27. The smallest absolute Gasteiger partial charge is 0.214 e. The van der Waals surface area contributed by atoms with E-state index < -0.39 is 10.0 Å². The van der Waals surface area contributed by atoms with Gasteiger partial charge in [-0.05, 0) is 43.9 Å². The Balaban J connectivity index is 1.81. The lowest BCUT2D eigenvalue weighted by atomic mass is 9.99. The number of hydrogen-bond acceptors (Lipinski definition) is 3. The van der Waals surface area contributed by atoms with Gasteiger partial charge in [-0.1, -0.05) is 12.1 Å². The van der Waals surface area contributed by atoms with Gasteiger partial charge in [0.05, 0.1) is 16.8 Å². The highest BCUT2D eigenvalue weighted by Crippen LogP contribution is 2.28. The van der Waals surface area contributed by atoms with Gasteiger partial charge in [0.1, 0.15) is 5.82 Å². The van der Waals surface area contributed by atoms with Crippen LogP contribution in [0, 0.1) is 6.92 Å². The van der Waals surface area contributed by atoms with Crippen molar-refractivity contribution in [3.8, 4) is 0 Å². The molecular formula is C17H23N3O2S. The maximum absolute atomic E-state index is 12.4. The molecule has 1 aliphatic heterocycles. The van der Waals surface area contributed by atoms with Crippen LogP contribution < -0.4 is 0 Å². The number of aromatic amines is 1. The van der Waals surface area contributed by atoms with Gasteiger partial charge in [0.25, 0.3) is 0 Å². The number of fused-ring (bicyclic) bond motifs is 1. The molecule has 0 radical (unpaired) electrons. The van der Waals surface area contributed by atoms with Crippen LogP contribution in [0.2, 0.25) is 0 Å². The maximum Gasteiger partial charge on any atom is 0.214 e. The van der Waals surface area contributed by atoms with Crippen molar-refractivity contribution in [2.45, 2.75) is 32.1 Å². The number of allylic oxidation sites excluding steroid dienone is 1. The van der Waals surface area contributed by atoms with Gasteiger partial charge in [-0.2, -0.15) is 0 Å². The average molecular weight is 333 g/mol. The van der Waals surface area contributed by atoms with Gasteiger partial charge in [-0.3, -0.25) is 0 Å². The summed E-state index contributed by atoms with van der Waals surface area (Å²) in [4.78, 5) is 8.04. The fourth-order valence-electron chi connectivity index (χ4n) is 3.12. The van der Waals surface area contributed by atoms with E-state index in [4.69, 9.17) is 0 Å². The average Bonchev–Trinajstić information content (AvgIpc) is 2.96. The second-order valence-corrected chi connectivity index (χ2v) is 8.32. The van der Waals surface area contributed by atoms with Gasteiger partial charge in [0, 0.05) is 19.0 Å². The van der Waals surface area contributed by atoms with E-state index in [0.717, 1.165) is 29.7 Å². The topological polar surface area (TPSA) is 66.1 Å². The molecular weight excluding hydrogens is 310 g/mol. The number of nitrogens with zero attached hydrogens (tertiary/aromatic N) is 2. The Labute approximate surface area is 137 Å². The van der Waals surface area contributed by atoms with Crippen LogP contribution in [0.5, 0.6) is 0 Å². The van der Waals surface area contributed by atoms with Crippen molar-refractivity contribution >= 4 is 21.1 Å². The van der Waals surface area contributed by atoms with Crippen molar-refractivity contribution in [1.82, 2.24) is 14.3 Å². The summed E-state index contributed by atoms with van der Waals surface area (Å²) >= 11 is 0. The molecule has 1 saturated heterocycles. The maximum atomic E-state index is 12.4. The molecule has 0 amide bonds. The molecule has 124 valence electrons. The van der Waals surface area contributed by atoms with Crippen molar-refractivity contribution in [3.63, 3.8) is 0 Å². The predicted molar refractivity (Wildman–Crippen MR) is 93.0 cm³/mol. The fraction of sp³-hybridized carbons (Fsp3) is 0.471. The summed E-state index contributed by atoms with van der Waals surface area (Å²) in [5, 5.41) is 0. The lowest BCUT2D eigenvalue weighted by molar-refractivity contribution is 0.310. The summed E-state index contributed by atoms with van der Waals surface area (Å²) in [6.07, 6.45) is 3.98. The highest BCUT2D eigenvalue weighted by Gasteiger charge is 2.30. The summed E-state index contributed by atoms with van der Waals surface area (Å²) in [7, 11) is -3.20. The van der Waals surface area contributed by atoms with Gasteiger partial charge in [-0.15, -0.1) is 6.58 Å². The first-order chi connectivity index (χ1) is 11.0. The molecule has 1 unspecified atom stereocenters. The standard InChI is InChI=1S/C17H23N3O2S/c1-3-4-10-23(21,22)20-9-5-6-14(12-20)17-18-15-8-7-13(2)11-16(15)19-17/h3,7-8,11,14H,1,4-6,9-10,12H2,2H3,(H,18,19). The van der Waals surface area contributed by atoms with Gasteiger partial charge >= 0.3 is 0 Å². The fourth-order valence-corrected chi connectivity index (χ4v) is 4.65. The van der Waals surface area contributed by atoms with Crippen LogP contribution >= 0.6 is 0 Å². The molecule has 1 N–H and O–H groups in total. The highest BCUT2D eigenvalue weighted by atomic mass is 32.2. The van der Waals surface area contributed by atoms with Crippen LogP contribution in [0.3, 0.4) is 0 Å². The molecule has 3 rings (SSSR count). The minimum atomic E-state index is -3.20. The highest BCUT2D eigenvalue weighted by molar-refractivity contribution is 7.89. The molecule has 0 aliphatic carbocycles. The molecule has 1 aromatic heterocycles. The summed E-state index contributed by atoms with van der Waals surface area (Å²) in [5.74, 6) is 1.17. The second-order valence-electron chi connectivity index (χ2n) is 6.23. The Bertz CT molecular complexity index is 810. The number of nitrogens with one attached hydrogen (secondary N) is 1. The monoisotopic (exact) mass is 333 g/mol. The normalized spacial score (nSPS) is 20.0. The van der Waals surface area contributed by atoms with Gasteiger partial charge < -0.3 is 4.98 Å². The first kappa shape index (κ1) is 16.2. The number of piperidine rings is 1. The van der Waals surface area contributed by atoms with E-state index in [1.54, 1.807) is 10.4 Å². The van der Waals surface area contributed by atoms with Gasteiger partial charge in [0.2, 0.25) is 10.0 Å². The molecule has 6 heteroatoms. The molecule has 1 atom stereocenters. The Kier molecular flexibility index (Phi) is 4.55. The van der Waals surface area contributed by atoms with Crippen LogP contribution in [-0.4, -0.2) is 41.5 Å². The van der Waals surface area contributed by atoms with Crippen molar-refractivity contribution in [2.24, 2.45) is 0 Å². The quantitative estimate of drug-likeness (QED) is 0.856. The second kappa shape index (κ2) is 6.45. The minimum absolute atomic E-state index is 0.134. The number of imidazole rings is 1. The number of H-pyrrole nitrogens is 1. The largest absolute Gasteiger partial charge is 0.342 e. The van der Waals surface area contributed by atoms with E-state index in [-0.39, 0.29) is 11.7 Å². The molecule has 1 aliphatic rings. The molecule has 0 spiro atoms. The Morgan fingerprint density at radius 2 is 2.30 bits per heavy atom. The zero-order valence-electron chi connectivity index (χ0n) is 13.5. The summed E-state index contributed by atoms with van der Waals surface area (Å²) in [6.45, 7) is 6.77. The Hall–Kier alpha value is -1.66. The summed E-state index contributed by atoms with van der Waals surface area (Å²) in [5.41, 5.74) is 3.15. The third-order valence-electron chi connectivity index (χ3n) is 4.40. The first-order valence-electron chi connectivity index (χ1n) is 8.04. The van der Waals surface area contributed by atoms with E-state index in [2.05, 4.69) is 29.5 Å². The van der Waals surface area contributed by atoms with Gasteiger partial charge in [0.15, 0.2) is 0 Å². The molecule has 23 heavy (non-hydrogen) atoms. The van der Waals surface area contributed by atoms with Crippen LogP contribution in [0.15, 0.2) is 30.9 Å². The lowest BCUT2D eigenvalue weighted by Gasteiger charge is -2.30. The summed E-state index contributed by atoms with van der Waals surface area (Å²) < 4.78 is 26.4. The van der Waals surface area contributed by atoms with E-state index >= 15 is 0 Å². The molecule has 1 fully saturated rings. The van der Waals surface area contributed by atoms with Gasteiger partial charge in [-0.25, -0.2) is 17.7 Å². The number of aryl methyl sites for hydroxylation is 1. The zero-order chi connectivity index (χ0) is 16.4. The Morgan fingerprint density at radius 3 is 3.09 bits per heavy atom. The lowest BCUT2D eigenvalue weighted by Crippen LogP contribution is -2.40. The van der Waals surface area contributed by atoms with E-state index in [9.17, 15) is 8.42 Å². The van der Waals surface area contributed by atoms with Crippen LogP contribution in [-0.2, 0) is 10.0 Å². The molecule has 1 aromatic carbocycles. The Morgan fingerprint density at radius 1 is 1.48 bits per heavy atom. The number of rotatable bonds is 5. The van der Waals surface area contributed by atoms with Crippen LogP contribution in [0.25, 0.3) is 11.0 Å². The number of aromatic nitrogens is 2. The number of benzene rings is 1. The summed E-state index contributed by atoms with van der Waals surface area (Å²) in [6, 6.07) is 6.12. The van der Waals surface area contributed by atoms with Crippen molar-refractivity contribution in [2.75, 3.05) is 18.8 Å². The SMILES string of the molecule is C=CCCS(=O)(=O)N1CCCC(c2nc3ccc(C)cc3[nH]2)C1. The van der Waals surface area contributed by atoms with Crippen LogP contribution in [0.4, 0.5) is 0 Å². The molecule has 2 aromatic rings. The van der Waals surface area contributed by atoms with Crippen molar-refractivity contribution in [1.29, 1.82) is 0 Å². The van der Waals surface area contributed by atoms with Crippen molar-refractivity contribution < 1.29 is 8.42 Å². The van der Waals surface area contributed by atoms with E-state index in [1.165, 1.54) is 5.56 Å². The van der Waals surface area contributed by atoms with E-state index in [0.29, 0.717) is 19.5 Å². The number of hydrogen-bond donors (Lipinski definition) is 1. The molecule has 0 saturated carbocycles. The van der Waals surface area contributed by atoms with Crippen LogP contribution in [0.1, 0.15) is 36.6 Å². The molecule has 0 bridgehead atoms. The van der Waals surface area contributed by atoms with Crippen molar-refractivity contribution in [3.05, 3.63) is 42.2 Å². The predicted octanol–water partition coefficient (Wildman–Crippen LogP) is 2.96. The minimum Gasteiger partial charge on any atom is -0.342 e. The molecule has 5 nitrogen and oxygen atoms in total.